The molecule has 0 atom stereocenters. The standard InChI is InChI=1S/C16H16F2N2O/c17-13-7-2-8-14(18)15(13)16(21)20-12-6-1-4-11(10-12)5-3-9-19/h1-2,4,6-8,10H,3,5,9,19H2,(H,20,21). The molecule has 0 bridgehead atoms. The van der Waals surface area contributed by atoms with Gasteiger partial charge in [0, 0.05) is 5.69 Å². The van der Waals surface area contributed by atoms with E-state index < -0.39 is 23.1 Å². The Morgan fingerprint density at radius 2 is 1.76 bits per heavy atom. The van der Waals surface area contributed by atoms with Gasteiger partial charge in [-0.3, -0.25) is 4.79 Å². The summed E-state index contributed by atoms with van der Waals surface area (Å²) < 4.78 is 27.1. The van der Waals surface area contributed by atoms with Gasteiger partial charge in [-0.1, -0.05) is 18.2 Å². The van der Waals surface area contributed by atoms with Gasteiger partial charge in [-0.05, 0) is 49.2 Å². The molecule has 0 aliphatic heterocycles. The number of anilines is 1. The number of carbonyl (C=O) groups excluding carboxylic acids is 1. The number of rotatable bonds is 5. The maximum Gasteiger partial charge on any atom is 0.261 e. The predicted molar refractivity (Wildman–Crippen MR) is 78.1 cm³/mol. The fourth-order valence-corrected chi connectivity index (χ4v) is 2.02. The Hall–Kier alpha value is -2.27. The molecule has 0 spiro atoms. The van der Waals surface area contributed by atoms with E-state index in [4.69, 9.17) is 5.73 Å². The maximum absolute atomic E-state index is 13.5. The molecule has 0 heterocycles. The first-order chi connectivity index (χ1) is 10.1. The first kappa shape index (κ1) is 15.1. The van der Waals surface area contributed by atoms with Crippen molar-refractivity contribution in [3.05, 3.63) is 65.2 Å². The van der Waals surface area contributed by atoms with Crippen molar-refractivity contribution >= 4 is 11.6 Å². The number of nitrogens with two attached hydrogens (primary N) is 1. The molecule has 0 fully saturated rings. The Bertz CT molecular complexity index is 624. The fraction of sp³-hybridized carbons (Fsp3) is 0.188. The zero-order valence-electron chi connectivity index (χ0n) is 11.4. The third kappa shape index (κ3) is 3.86. The molecule has 110 valence electrons. The molecule has 0 saturated carbocycles. The van der Waals surface area contributed by atoms with Crippen LogP contribution in [0.2, 0.25) is 0 Å². The van der Waals surface area contributed by atoms with Crippen molar-refractivity contribution in [2.45, 2.75) is 12.8 Å². The Labute approximate surface area is 121 Å². The van der Waals surface area contributed by atoms with Gasteiger partial charge in [0.25, 0.3) is 5.91 Å². The smallest absolute Gasteiger partial charge is 0.261 e. The van der Waals surface area contributed by atoms with Gasteiger partial charge in [-0.2, -0.15) is 0 Å². The maximum atomic E-state index is 13.5. The number of halogens is 2. The van der Waals surface area contributed by atoms with E-state index in [-0.39, 0.29) is 0 Å². The highest BCUT2D eigenvalue weighted by Gasteiger charge is 2.17. The number of nitrogens with one attached hydrogen (secondary N) is 1. The quantitative estimate of drug-likeness (QED) is 0.889. The molecule has 21 heavy (non-hydrogen) atoms. The molecule has 2 aromatic carbocycles. The zero-order chi connectivity index (χ0) is 15.2. The summed E-state index contributed by atoms with van der Waals surface area (Å²) in [5.74, 6) is -2.57. The van der Waals surface area contributed by atoms with Crippen LogP contribution in [0.3, 0.4) is 0 Å². The lowest BCUT2D eigenvalue weighted by Gasteiger charge is -2.08. The lowest BCUT2D eigenvalue weighted by atomic mass is 10.1. The number of hydrogen-bond donors (Lipinski definition) is 2. The second-order valence-corrected chi connectivity index (χ2v) is 4.64. The Balaban J connectivity index is 2.16. The van der Waals surface area contributed by atoms with Crippen LogP contribution >= 0.6 is 0 Å². The summed E-state index contributed by atoms with van der Waals surface area (Å²) in [5.41, 5.74) is 6.38. The minimum absolute atomic E-state index is 0.497. The van der Waals surface area contributed by atoms with E-state index in [1.165, 1.54) is 6.07 Å². The summed E-state index contributed by atoms with van der Waals surface area (Å²) >= 11 is 0. The van der Waals surface area contributed by atoms with E-state index in [2.05, 4.69) is 5.32 Å². The summed E-state index contributed by atoms with van der Waals surface area (Å²) in [6.07, 6.45) is 1.62. The third-order valence-corrected chi connectivity index (χ3v) is 3.04. The number of carbonyl (C=O) groups is 1. The van der Waals surface area contributed by atoms with Gasteiger partial charge < -0.3 is 11.1 Å². The highest BCUT2D eigenvalue weighted by atomic mass is 19.1. The van der Waals surface area contributed by atoms with Crippen LogP contribution in [-0.4, -0.2) is 12.5 Å². The average Bonchev–Trinajstić information content (AvgIpc) is 2.45. The van der Waals surface area contributed by atoms with Crippen LogP contribution in [0.1, 0.15) is 22.3 Å². The predicted octanol–water partition coefficient (Wildman–Crippen LogP) is 3.11. The van der Waals surface area contributed by atoms with Crippen LogP contribution in [0.5, 0.6) is 0 Å². The normalized spacial score (nSPS) is 10.4. The molecule has 3 N–H and O–H groups in total. The van der Waals surface area contributed by atoms with Gasteiger partial charge in [-0.15, -0.1) is 0 Å². The van der Waals surface area contributed by atoms with Crippen molar-refractivity contribution in [3.63, 3.8) is 0 Å². The number of aryl methyl sites for hydroxylation is 1. The van der Waals surface area contributed by atoms with Gasteiger partial charge in [0.1, 0.15) is 17.2 Å². The van der Waals surface area contributed by atoms with E-state index in [1.54, 1.807) is 18.2 Å². The van der Waals surface area contributed by atoms with Crippen molar-refractivity contribution in [1.29, 1.82) is 0 Å². The van der Waals surface area contributed by atoms with Crippen molar-refractivity contribution in [3.8, 4) is 0 Å². The zero-order valence-corrected chi connectivity index (χ0v) is 11.4. The number of amides is 1. The Morgan fingerprint density at radius 1 is 1.10 bits per heavy atom. The largest absolute Gasteiger partial charge is 0.330 e. The van der Waals surface area contributed by atoms with Gasteiger partial charge in [-0.25, -0.2) is 8.78 Å². The molecular formula is C16H16F2N2O. The molecule has 0 saturated heterocycles. The van der Waals surface area contributed by atoms with Crippen molar-refractivity contribution < 1.29 is 13.6 Å². The minimum Gasteiger partial charge on any atom is -0.330 e. The van der Waals surface area contributed by atoms with E-state index in [1.807, 2.05) is 6.07 Å². The minimum atomic E-state index is -0.883. The molecule has 0 aliphatic rings. The summed E-state index contributed by atoms with van der Waals surface area (Å²) in [6, 6.07) is 10.4. The van der Waals surface area contributed by atoms with E-state index in [9.17, 15) is 13.6 Å². The molecule has 0 aliphatic carbocycles. The molecule has 5 heteroatoms. The number of benzene rings is 2. The molecule has 2 rings (SSSR count). The molecule has 3 nitrogen and oxygen atoms in total. The van der Waals surface area contributed by atoms with Gasteiger partial charge >= 0.3 is 0 Å². The van der Waals surface area contributed by atoms with Crippen LogP contribution in [0.25, 0.3) is 0 Å². The summed E-state index contributed by atoms with van der Waals surface area (Å²) in [4.78, 5) is 12.0. The summed E-state index contributed by atoms with van der Waals surface area (Å²) in [7, 11) is 0. The molecule has 0 aromatic heterocycles. The first-order valence-corrected chi connectivity index (χ1v) is 6.66. The van der Waals surface area contributed by atoms with Crippen molar-refractivity contribution in [2.24, 2.45) is 5.73 Å². The van der Waals surface area contributed by atoms with Crippen LogP contribution < -0.4 is 11.1 Å². The van der Waals surface area contributed by atoms with Crippen LogP contribution in [0.4, 0.5) is 14.5 Å². The topological polar surface area (TPSA) is 55.1 Å². The van der Waals surface area contributed by atoms with E-state index in [0.717, 1.165) is 30.5 Å². The Morgan fingerprint density at radius 3 is 2.43 bits per heavy atom. The average molecular weight is 290 g/mol. The first-order valence-electron chi connectivity index (χ1n) is 6.66. The third-order valence-electron chi connectivity index (χ3n) is 3.04. The summed E-state index contributed by atoms with van der Waals surface area (Å²) in [6.45, 7) is 0.580. The fourth-order valence-electron chi connectivity index (χ4n) is 2.02. The number of hydrogen-bond acceptors (Lipinski definition) is 2. The lowest BCUT2D eigenvalue weighted by Crippen LogP contribution is -2.16. The SMILES string of the molecule is NCCCc1cccc(NC(=O)c2c(F)cccc2F)c1. The second-order valence-electron chi connectivity index (χ2n) is 4.64. The Kier molecular flexibility index (Phi) is 5.00. The van der Waals surface area contributed by atoms with E-state index >= 15 is 0 Å². The molecule has 0 unspecified atom stereocenters. The van der Waals surface area contributed by atoms with Crippen LogP contribution in [0.15, 0.2) is 42.5 Å². The molecule has 0 radical (unpaired) electrons. The van der Waals surface area contributed by atoms with Crippen LogP contribution in [-0.2, 0) is 6.42 Å². The second kappa shape index (κ2) is 6.95. The highest BCUT2D eigenvalue weighted by molar-refractivity contribution is 6.04. The van der Waals surface area contributed by atoms with Gasteiger partial charge in [0.05, 0.1) is 0 Å². The van der Waals surface area contributed by atoms with Gasteiger partial charge in [0.2, 0.25) is 0 Å². The summed E-state index contributed by atoms with van der Waals surface area (Å²) in [5, 5.41) is 2.51. The lowest BCUT2D eigenvalue weighted by molar-refractivity contribution is 0.101. The van der Waals surface area contributed by atoms with E-state index in [0.29, 0.717) is 12.2 Å². The van der Waals surface area contributed by atoms with Crippen molar-refractivity contribution in [2.75, 3.05) is 11.9 Å². The molecule has 1 amide bonds. The van der Waals surface area contributed by atoms with Gasteiger partial charge in [0.15, 0.2) is 0 Å². The van der Waals surface area contributed by atoms with Crippen LogP contribution in [0, 0.1) is 11.6 Å². The van der Waals surface area contributed by atoms with Crippen molar-refractivity contribution in [1.82, 2.24) is 0 Å². The molecular weight excluding hydrogens is 274 g/mol. The monoisotopic (exact) mass is 290 g/mol. The molecule has 2 aromatic rings. The highest BCUT2D eigenvalue weighted by Crippen LogP contribution is 2.17.